The number of hydrogen-bond donors (Lipinski definition) is 2. The van der Waals surface area contributed by atoms with Crippen molar-refractivity contribution in [2.75, 3.05) is 0 Å². The first-order valence-electron chi connectivity index (χ1n) is 7.41. The highest BCUT2D eigenvalue weighted by Crippen LogP contribution is 2.46. The lowest BCUT2D eigenvalue weighted by atomic mass is 9.74. The molecule has 3 nitrogen and oxygen atoms in total. The van der Waals surface area contributed by atoms with E-state index in [2.05, 4.69) is 20.8 Å². The van der Waals surface area contributed by atoms with E-state index < -0.39 is 11.4 Å². The van der Waals surface area contributed by atoms with Crippen LogP contribution in [0.5, 0.6) is 5.75 Å². The van der Waals surface area contributed by atoms with Gasteiger partial charge in [-0.1, -0.05) is 45.7 Å². The van der Waals surface area contributed by atoms with Crippen molar-refractivity contribution in [1.82, 2.24) is 0 Å². The predicted octanol–water partition coefficient (Wildman–Crippen LogP) is 3.98. The predicted molar refractivity (Wildman–Crippen MR) is 79.2 cm³/mol. The van der Waals surface area contributed by atoms with Gasteiger partial charge in [0.25, 0.3) is 0 Å². The van der Waals surface area contributed by atoms with Crippen LogP contribution in [0, 0.1) is 0 Å². The molecule has 110 valence electrons. The van der Waals surface area contributed by atoms with Gasteiger partial charge in [-0.15, -0.1) is 0 Å². The van der Waals surface area contributed by atoms with Crippen molar-refractivity contribution in [3.8, 4) is 5.75 Å². The molecule has 2 N–H and O–H groups in total. The number of carbonyl (C=O) groups is 1. The molecule has 1 aromatic carbocycles. The molecule has 1 fully saturated rings. The Labute approximate surface area is 120 Å². The van der Waals surface area contributed by atoms with Gasteiger partial charge in [0.1, 0.15) is 5.75 Å². The number of carboxylic acids is 1. The molecule has 20 heavy (non-hydrogen) atoms. The fraction of sp³-hybridized carbons (Fsp3) is 0.588. The maximum Gasteiger partial charge on any atom is 0.314 e. The Kier molecular flexibility index (Phi) is 3.81. The first-order chi connectivity index (χ1) is 9.33. The van der Waals surface area contributed by atoms with Crippen molar-refractivity contribution in [2.45, 2.75) is 63.7 Å². The number of hydrogen-bond acceptors (Lipinski definition) is 2. The van der Waals surface area contributed by atoms with Gasteiger partial charge in [-0.3, -0.25) is 4.79 Å². The lowest BCUT2D eigenvalue weighted by Crippen LogP contribution is -2.33. The van der Waals surface area contributed by atoms with E-state index in [1.165, 1.54) is 0 Å². The summed E-state index contributed by atoms with van der Waals surface area (Å²) in [5.41, 5.74) is 0.784. The van der Waals surface area contributed by atoms with Gasteiger partial charge < -0.3 is 10.2 Å². The van der Waals surface area contributed by atoms with Gasteiger partial charge in [-0.25, -0.2) is 0 Å². The summed E-state index contributed by atoms with van der Waals surface area (Å²) < 4.78 is 0. The smallest absolute Gasteiger partial charge is 0.314 e. The molecule has 1 aliphatic rings. The molecular weight excluding hydrogens is 252 g/mol. The van der Waals surface area contributed by atoms with Gasteiger partial charge in [0, 0.05) is 5.56 Å². The van der Waals surface area contributed by atoms with Crippen molar-refractivity contribution in [3.05, 3.63) is 29.3 Å². The van der Waals surface area contributed by atoms with Crippen LogP contribution in [-0.4, -0.2) is 16.2 Å². The van der Waals surface area contributed by atoms with E-state index in [4.69, 9.17) is 0 Å². The molecular formula is C17H24O3. The van der Waals surface area contributed by atoms with Crippen LogP contribution < -0.4 is 0 Å². The Morgan fingerprint density at radius 2 is 1.90 bits per heavy atom. The minimum absolute atomic E-state index is 0.0131. The second-order valence-electron chi connectivity index (χ2n) is 6.56. The molecule has 1 saturated carbocycles. The quantitative estimate of drug-likeness (QED) is 0.874. The molecule has 0 unspecified atom stereocenters. The molecule has 0 atom stereocenters. The van der Waals surface area contributed by atoms with Crippen LogP contribution in [0.15, 0.2) is 18.2 Å². The summed E-state index contributed by atoms with van der Waals surface area (Å²) in [6.45, 7) is 6.41. The zero-order chi connectivity index (χ0) is 15.0. The first kappa shape index (κ1) is 14.9. The zero-order valence-electron chi connectivity index (χ0n) is 12.6. The molecule has 1 aliphatic carbocycles. The summed E-state index contributed by atoms with van der Waals surface area (Å²) in [5.74, 6) is -0.693. The Hall–Kier alpha value is -1.51. The van der Waals surface area contributed by atoms with Gasteiger partial charge in [-0.2, -0.15) is 0 Å². The number of aromatic hydroxyl groups is 1. The van der Waals surface area contributed by atoms with Crippen molar-refractivity contribution in [3.63, 3.8) is 0 Å². The second kappa shape index (κ2) is 5.12. The number of phenolic OH excluding ortho intramolecular Hbond substituents is 1. The summed E-state index contributed by atoms with van der Waals surface area (Å²) in [6.07, 6.45) is 4.02. The van der Waals surface area contributed by atoms with Crippen molar-refractivity contribution in [1.29, 1.82) is 0 Å². The normalized spacial score (nSPS) is 18.1. The highest BCUT2D eigenvalue weighted by Gasteiger charge is 2.45. The number of phenols is 1. The van der Waals surface area contributed by atoms with Crippen molar-refractivity contribution in [2.24, 2.45) is 0 Å². The topological polar surface area (TPSA) is 57.5 Å². The van der Waals surface area contributed by atoms with E-state index in [9.17, 15) is 15.0 Å². The average molecular weight is 276 g/mol. The summed E-state index contributed by atoms with van der Waals surface area (Å²) in [5, 5.41) is 19.9. The highest BCUT2D eigenvalue weighted by molar-refractivity contribution is 5.83. The monoisotopic (exact) mass is 276 g/mol. The lowest BCUT2D eigenvalue weighted by Gasteiger charge is -2.29. The molecule has 0 heterocycles. The third kappa shape index (κ3) is 2.30. The highest BCUT2D eigenvalue weighted by atomic mass is 16.4. The van der Waals surface area contributed by atoms with Crippen LogP contribution in [0.3, 0.4) is 0 Å². The largest absolute Gasteiger partial charge is 0.508 e. The van der Waals surface area contributed by atoms with E-state index in [0.717, 1.165) is 24.8 Å². The maximum absolute atomic E-state index is 11.8. The van der Waals surface area contributed by atoms with E-state index in [-0.39, 0.29) is 11.2 Å². The molecule has 3 heteroatoms. The minimum Gasteiger partial charge on any atom is -0.508 e. The first-order valence-corrected chi connectivity index (χ1v) is 7.41. The van der Waals surface area contributed by atoms with Gasteiger partial charge in [0.2, 0.25) is 0 Å². The van der Waals surface area contributed by atoms with E-state index in [1.807, 2.05) is 12.1 Å². The van der Waals surface area contributed by atoms with E-state index in [1.54, 1.807) is 6.07 Å². The fourth-order valence-electron chi connectivity index (χ4n) is 3.12. The molecule has 0 spiro atoms. The molecule has 1 aromatic rings. The third-order valence-corrected chi connectivity index (χ3v) is 5.04. The van der Waals surface area contributed by atoms with Crippen molar-refractivity contribution < 1.29 is 15.0 Å². The van der Waals surface area contributed by atoms with Crippen LogP contribution in [-0.2, 0) is 15.6 Å². The SMILES string of the molecule is CCC(C)(C)c1ccc(O)c(C2(C(=O)O)CCCC2)c1. The van der Waals surface area contributed by atoms with E-state index >= 15 is 0 Å². The molecule has 0 bridgehead atoms. The number of benzene rings is 1. The third-order valence-electron chi connectivity index (χ3n) is 5.04. The van der Waals surface area contributed by atoms with Gasteiger partial charge >= 0.3 is 5.97 Å². The Morgan fingerprint density at radius 1 is 1.30 bits per heavy atom. The standard InChI is InChI=1S/C17H24O3/c1-4-16(2,3)12-7-8-14(18)13(11-12)17(15(19)20)9-5-6-10-17/h7-8,11,18H,4-6,9-10H2,1-3H3,(H,19,20). The molecule has 2 rings (SSSR count). The van der Waals surface area contributed by atoms with Crippen LogP contribution in [0.4, 0.5) is 0 Å². The van der Waals surface area contributed by atoms with Crippen LogP contribution >= 0.6 is 0 Å². The molecule has 0 radical (unpaired) electrons. The number of rotatable bonds is 4. The lowest BCUT2D eigenvalue weighted by molar-refractivity contribution is -0.143. The maximum atomic E-state index is 11.8. The molecule has 0 amide bonds. The Morgan fingerprint density at radius 3 is 2.40 bits per heavy atom. The summed E-state index contributed by atoms with van der Waals surface area (Å²) in [4.78, 5) is 11.8. The Bertz CT molecular complexity index is 511. The van der Waals surface area contributed by atoms with E-state index in [0.29, 0.717) is 18.4 Å². The van der Waals surface area contributed by atoms with Crippen LogP contribution in [0.25, 0.3) is 0 Å². The minimum atomic E-state index is -0.899. The summed E-state index contributed by atoms with van der Waals surface area (Å²) >= 11 is 0. The Balaban J connectivity index is 2.56. The zero-order valence-corrected chi connectivity index (χ0v) is 12.6. The molecule has 0 aromatic heterocycles. The number of aliphatic carboxylic acids is 1. The van der Waals surface area contributed by atoms with Crippen LogP contribution in [0.2, 0.25) is 0 Å². The fourth-order valence-corrected chi connectivity index (χ4v) is 3.12. The number of carboxylic acid groups (broad SMARTS) is 1. The van der Waals surface area contributed by atoms with Gasteiger partial charge in [0.15, 0.2) is 0 Å². The van der Waals surface area contributed by atoms with Crippen molar-refractivity contribution >= 4 is 5.97 Å². The molecule has 0 aliphatic heterocycles. The second-order valence-corrected chi connectivity index (χ2v) is 6.56. The summed E-state index contributed by atoms with van der Waals surface area (Å²) in [6, 6.07) is 5.48. The average Bonchev–Trinajstić information content (AvgIpc) is 2.89. The van der Waals surface area contributed by atoms with Gasteiger partial charge in [0.05, 0.1) is 5.41 Å². The molecule has 0 saturated heterocycles. The van der Waals surface area contributed by atoms with Crippen LogP contribution in [0.1, 0.15) is 64.0 Å². The van der Waals surface area contributed by atoms with Gasteiger partial charge in [-0.05, 0) is 36.3 Å². The summed E-state index contributed by atoms with van der Waals surface area (Å²) in [7, 11) is 0.